The minimum Gasteiger partial charge on any atom is -0.267 e. The third-order valence-corrected chi connectivity index (χ3v) is 5.41. The minimum absolute atomic E-state index is 0.0145. The van der Waals surface area contributed by atoms with Crippen LogP contribution in [0.15, 0.2) is 58.2 Å². The fraction of sp³-hybridized carbons (Fsp3) is 0.273. The van der Waals surface area contributed by atoms with Crippen LogP contribution in [0.3, 0.4) is 0 Å². The van der Waals surface area contributed by atoms with Crippen molar-refractivity contribution in [2.24, 2.45) is 0 Å². The largest absolute Gasteiger partial charge is 0.290 e. The van der Waals surface area contributed by atoms with Gasteiger partial charge in [-0.15, -0.1) is 0 Å². The van der Waals surface area contributed by atoms with Crippen LogP contribution >= 0.6 is 11.8 Å². The Bertz CT molecular complexity index is 1170. The van der Waals surface area contributed by atoms with Gasteiger partial charge in [0.15, 0.2) is 5.69 Å². The molecule has 0 aliphatic heterocycles. The smallest absolute Gasteiger partial charge is 0.267 e. The lowest BCUT2D eigenvalue weighted by atomic mass is 10.1. The van der Waals surface area contributed by atoms with E-state index in [1.165, 1.54) is 28.9 Å². The molecule has 1 heterocycles. The molecule has 0 saturated carbocycles. The summed E-state index contributed by atoms with van der Waals surface area (Å²) in [6.07, 6.45) is 2.65. The average Bonchev–Trinajstić information content (AvgIpc) is 2.79. The van der Waals surface area contributed by atoms with Gasteiger partial charge in [-0.3, -0.25) is 25.2 Å². The standard InChI is InChI=1S/C22H22F2N4O3S/c1-2-3-6-13-28-21(31)17-8-5-4-7-16(17)18(27-28)20(30)26-25-19(29)14-9-11-15(12-10-14)32-22(23)24/h4-5,7-12,22H,2-3,6,13H2,1H3,(H,25,29)(H,26,30). The normalized spacial score (nSPS) is 11.0. The van der Waals surface area contributed by atoms with Crippen molar-refractivity contribution in [1.82, 2.24) is 20.6 Å². The summed E-state index contributed by atoms with van der Waals surface area (Å²) in [4.78, 5) is 38.1. The van der Waals surface area contributed by atoms with Gasteiger partial charge in [0.1, 0.15) is 0 Å². The first-order chi connectivity index (χ1) is 15.4. The van der Waals surface area contributed by atoms with E-state index in [0.29, 0.717) is 34.0 Å². The van der Waals surface area contributed by atoms with Gasteiger partial charge >= 0.3 is 0 Å². The number of thioether (sulfide) groups is 1. The monoisotopic (exact) mass is 460 g/mol. The van der Waals surface area contributed by atoms with Crippen LogP contribution in [0.1, 0.15) is 47.0 Å². The molecule has 0 saturated heterocycles. The third-order valence-electron chi connectivity index (χ3n) is 4.69. The Morgan fingerprint density at radius 1 is 1.00 bits per heavy atom. The fourth-order valence-electron chi connectivity index (χ4n) is 3.10. The summed E-state index contributed by atoms with van der Waals surface area (Å²) < 4.78 is 26.1. The summed E-state index contributed by atoms with van der Waals surface area (Å²) in [5.41, 5.74) is 4.52. The fourth-order valence-corrected chi connectivity index (χ4v) is 3.60. The SMILES string of the molecule is CCCCCn1nc(C(=O)NNC(=O)c2ccc(SC(F)F)cc2)c2ccccc2c1=O. The zero-order valence-corrected chi connectivity index (χ0v) is 18.1. The third kappa shape index (κ3) is 5.70. The van der Waals surface area contributed by atoms with Crippen LogP contribution in [-0.4, -0.2) is 27.4 Å². The average molecular weight is 461 g/mol. The molecule has 0 atom stereocenters. The van der Waals surface area contributed by atoms with E-state index < -0.39 is 17.6 Å². The van der Waals surface area contributed by atoms with Crippen molar-refractivity contribution in [3.63, 3.8) is 0 Å². The minimum atomic E-state index is -2.55. The van der Waals surface area contributed by atoms with Crippen molar-refractivity contribution in [2.75, 3.05) is 0 Å². The predicted octanol–water partition coefficient (Wildman–Crippen LogP) is 3.98. The number of nitrogens with zero attached hydrogens (tertiary/aromatic N) is 2. The number of nitrogens with one attached hydrogen (secondary N) is 2. The molecule has 1 aromatic heterocycles. The molecule has 7 nitrogen and oxygen atoms in total. The van der Waals surface area contributed by atoms with Crippen molar-refractivity contribution < 1.29 is 18.4 Å². The summed E-state index contributed by atoms with van der Waals surface area (Å²) >= 11 is 0.374. The van der Waals surface area contributed by atoms with Gasteiger partial charge in [0, 0.05) is 22.4 Å². The van der Waals surface area contributed by atoms with Gasteiger partial charge in [0.2, 0.25) is 0 Å². The molecule has 168 valence electrons. The van der Waals surface area contributed by atoms with Gasteiger partial charge in [-0.2, -0.15) is 13.9 Å². The maximum Gasteiger partial charge on any atom is 0.290 e. The summed E-state index contributed by atoms with van der Waals surface area (Å²) in [6.45, 7) is 2.43. The summed E-state index contributed by atoms with van der Waals surface area (Å²) in [6, 6.07) is 12.2. The number of hydrogen-bond acceptors (Lipinski definition) is 5. The second-order valence-corrected chi connectivity index (χ2v) is 8.00. The number of aryl methyl sites for hydroxylation is 1. The van der Waals surface area contributed by atoms with E-state index >= 15 is 0 Å². The van der Waals surface area contributed by atoms with Crippen LogP contribution in [0.25, 0.3) is 10.8 Å². The number of fused-ring (bicyclic) bond motifs is 1. The molecule has 3 rings (SSSR count). The number of rotatable bonds is 8. The summed E-state index contributed by atoms with van der Waals surface area (Å²) in [5, 5.41) is 4.97. The Labute approximate surface area is 187 Å². The van der Waals surface area contributed by atoms with E-state index in [4.69, 9.17) is 0 Å². The molecular formula is C22H22F2N4O3S. The highest BCUT2D eigenvalue weighted by Gasteiger charge is 2.17. The van der Waals surface area contributed by atoms with Crippen molar-refractivity contribution in [3.05, 3.63) is 70.1 Å². The zero-order chi connectivity index (χ0) is 23.1. The number of carbonyl (C=O) groups excluding carboxylic acids is 2. The van der Waals surface area contributed by atoms with E-state index in [1.54, 1.807) is 24.3 Å². The molecule has 0 spiro atoms. The molecule has 0 bridgehead atoms. The topological polar surface area (TPSA) is 93.1 Å². The number of carbonyl (C=O) groups is 2. The quantitative estimate of drug-likeness (QED) is 0.301. The lowest BCUT2D eigenvalue weighted by Crippen LogP contribution is -2.42. The first-order valence-corrected chi connectivity index (χ1v) is 10.9. The lowest BCUT2D eigenvalue weighted by Gasteiger charge is -2.12. The lowest BCUT2D eigenvalue weighted by molar-refractivity contribution is 0.0843. The molecule has 0 unspecified atom stereocenters. The molecule has 32 heavy (non-hydrogen) atoms. The van der Waals surface area contributed by atoms with Crippen LogP contribution in [0, 0.1) is 0 Å². The number of unbranched alkanes of at least 4 members (excludes halogenated alkanes) is 2. The highest BCUT2D eigenvalue weighted by Crippen LogP contribution is 2.25. The van der Waals surface area contributed by atoms with Gasteiger partial charge in [-0.25, -0.2) is 4.68 Å². The number of halogens is 2. The molecule has 0 fully saturated rings. The number of hydrogen-bond donors (Lipinski definition) is 2. The molecule has 10 heteroatoms. The van der Waals surface area contributed by atoms with Crippen molar-refractivity contribution in [3.8, 4) is 0 Å². The van der Waals surface area contributed by atoms with Crippen LogP contribution in [0.2, 0.25) is 0 Å². The number of amides is 2. The highest BCUT2D eigenvalue weighted by atomic mass is 32.2. The van der Waals surface area contributed by atoms with Crippen molar-refractivity contribution in [1.29, 1.82) is 0 Å². The molecule has 3 aromatic rings. The van der Waals surface area contributed by atoms with Crippen LogP contribution in [-0.2, 0) is 6.54 Å². The van der Waals surface area contributed by atoms with Gasteiger partial charge in [0.05, 0.1) is 5.39 Å². The first kappa shape index (κ1) is 23.4. The van der Waals surface area contributed by atoms with E-state index in [1.807, 2.05) is 6.92 Å². The van der Waals surface area contributed by atoms with Crippen LogP contribution < -0.4 is 16.4 Å². The Morgan fingerprint density at radius 3 is 2.31 bits per heavy atom. The number of hydrazine groups is 1. The van der Waals surface area contributed by atoms with Gasteiger partial charge in [0.25, 0.3) is 23.1 Å². The first-order valence-electron chi connectivity index (χ1n) is 10.1. The molecule has 2 aromatic carbocycles. The second-order valence-electron chi connectivity index (χ2n) is 6.94. The molecule has 2 N–H and O–H groups in total. The molecule has 0 aliphatic rings. The maximum atomic E-state index is 12.8. The molecule has 0 radical (unpaired) electrons. The van der Waals surface area contributed by atoms with Crippen molar-refractivity contribution >= 4 is 34.3 Å². The number of alkyl halides is 2. The van der Waals surface area contributed by atoms with Crippen molar-refractivity contribution in [2.45, 2.75) is 43.4 Å². The number of aromatic nitrogens is 2. The Balaban J connectivity index is 1.76. The van der Waals surface area contributed by atoms with E-state index in [9.17, 15) is 23.2 Å². The predicted molar refractivity (Wildman–Crippen MR) is 119 cm³/mol. The van der Waals surface area contributed by atoms with Gasteiger partial charge in [-0.1, -0.05) is 49.7 Å². The summed E-state index contributed by atoms with van der Waals surface area (Å²) in [7, 11) is 0. The van der Waals surface area contributed by atoms with Gasteiger partial charge < -0.3 is 0 Å². The maximum absolute atomic E-state index is 12.8. The van der Waals surface area contributed by atoms with Crippen LogP contribution in [0.5, 0.6) is 0 Å². The van der Waals surface area contributed by atoms with E-state index in [0.717, 1.165) is 19.3 Å². The Morgan fingerprint density at radius 2 is 1.66 bits per heavy atom. The molecular weight excluding hydrogens is 438 g/mol. The van der Waals surface area contributed by atoms with E-state index in [-0.39, 0.29) is 16.8 Å². The van der Waals surface area contributed by atoms with Gasteiger partial charge in [-0.05, 0) is 36.8 Å². The van der Waals surface area contributed by atoms with E-state index in [2.05, 4.69) is 16.0 Å². The molecule has 2 amide bonds. The highest BCUT2D eigenvalue weighted by molar-refractivity contribution is 7.99. The number of benzene rings is 2. The molecule has 0 aliphatic carbocycles. The zero-order valence-electron chi connectivity index (χ0n) is 17.3. The second kappa shape index (κ2) is 10.9. The Kier molecular flexibility index (Phi) is 7.93. The summed E-state index contributed by atoms with van der Waals surface area (Å²) in [5.74, 6) is -3.85. The van der Waals surface area contributed by atoms with Crippen LogP contribution in [0.4, 0.5) is 8.78 Å². The Hall–Kier alpha value is -3.27.